The van der Waals surface area contributed by atoms with E-state index >= 15 is 0 Å². The number of hydrogen-bond acceptors (Lipinski definition) is 3. The van der Waals surface area contributed by atoms with Crippen LogP contribution >= 0.6 is 0 Å². The van der Waals surface area contributed by atoms with Crippen molar-refractivity contribution in [2.24, 2.45) is 5.92 Å². The molecule has 1 saturated heterocycles. The summed E-state index contributed by atoms with van der Waals surface area (Å²) in [5.41, 5.74) is 0. The smallest absolute Gasteiger partial charge is 0.326 e. The van der Waals surface area contributed by atoms with Crippen LogP contribution in [0.4, 0.5) is 0 Å². The quantitative estimate of drug-likeness (QED) is 0.762. The zero-order valence-electron chi connectivity index (χ0n) is 12.2. The van der Waals surface area contributed by atoms with E-state index in [4.69, 9.17) is 5.11 Å². The fourth-order valence-corrected chi connectivity index (χ4v) is 2.28. The minimum atomic E-state index is -1.03. The Morgan fingerprint density at radius 1 is 1.35 bits per heavy atom. The van der Waals surface area contributed by atoms with Crippen molar-refractivity contribution in [3.05, 3.63) is 0 Å². The molecule has 0 unspecified atom stereocenters. The molecule has 0 bridgehead atoms. The average molecular weight is 284 g/mol. The maximum absolute atomic E-state index is 11.9. The second-order valence-corrected chi connectivity index (χ2v) is 5.39. The molecule has 6 heteroatoms. The molecule has 0 aliphatic carbocycles. The fraction of sp³-hybridized carbons (Fsp3) is 0.786. The number of aliphatic carboxylic acids is 1. The van der Waals surface area contributed by atoms with Gasteiger partial charge in [0.1, 0.15) is 6.04 Å². The summed E-state index contributed by atoms with van der Waals surface area (Å²) in [6.45, 7) is 4.20. The zero-order chi connectivity index (χ0) is 15.1. The van der Waals surface area contributed by atoms with Crippen LogP contribution in [0.25, 0.3) is 0 Å². The number of nitrogens with one attached hydrogen (secondary N) is 1. The summed E-state index contributed by atoms with van der Waals surface area (Å²) in [4.78, 5) is 36.4. The van der Waals surface area contributed by atoms with Crippen molar-refractivity contribution in [2.75, 3.05) is 13.1 Å². The van der Waals surface area contributed by atoms with E-state index in [0.29, 0.717) is 19.4 Å². The van der Waals surface area contributed by atoms with Crippen molar-refractivity contribution in [1.29, 1.82) is 0 Å². The summed E-state index contributed by atoms with van der Waals surface area (Å²) in [6, 6.07) is -0.894. The third-order valence-electron chi connectivity index (χ3n) is 3.80. The standard InChI is InChI=1S/C14H24N2O4/c1-3-10(2)13(14(19)20)15-11(17)9-16-8-6-4-5-7-12(16)18/h10,13H,3-9H2,1-2H3,(H,15,17)(H,19,20)/t10-,13-/m0/s1. The number of rotatable bonds is 6. The van der Waals surface area contributed by atoms with Crippen LogP contribution in [0.1, 0.15) is 46.0 Å². The molecule has 0 aromatic carbocycles. The van der Waals surface area contributed by atoms with Crippen molar-refractivity contribution in [1.82, 2.24) is 10.2 Å². The van der Waals surface area contributed by atoms with E-state index in [-0.39, 0.29) is 18.4 Å². The van der Waals surface area contributed by atoms with Crippen molar-refractivity contribution < 1.29 is 19.5 Å². The fourth-order valence-electron chi connectivity index (χ4n) is 2.28. The van der Waals surface area contributed by atoms with Crippen LogP contribution in [0.5, 0.6) is 0 Å². The minimum absolute atomic E-state index is 0.0203. The van der Waals surface area contributed by atoms with Crippen LogP contribution in [0.3, 0.4) is 0 Å². The molecule has 0 aromatic rings. The van der Waals surface area contributed by atoms with Gasteiger partial charge in [-0.15, -0.1) is 0 Å². The summed E-state index contributed by atoms with van der Waals surface area (Å²) >= 11 is 0. The molecule has 0 spiro atoms. The van der Waals surface area contributed by atoms with Crippen LogP contribution in [0, 0.1) is 5.92 Å². The van der Waals surface area contributed by atoms with Crippen molar-refractivity contribution in [3.8, 4) is 0 Å². The second-order valence-electron chi connectivity index (χ2n) is 5.39. The summed E-state index contributed by atoms with van der Waals surface area (Å²) in [6.07, 6.45) is 3.89. The molecule has 114 valence electrons. The molecular formula is C14H24N2O4. The van der Waals surface area contributed by atoms with E-state index in [1.807, 2.05) is 6.92 Å². The third kappa shape index (κ3) is 4.83. The van der Waals surface area contributed by atoms with Crippen LogP contribution in [0.2, 0.25) is 0 Å². The molecule has 20 heavy (non-hydrogen) atoms. The predicted molar refractivity (Wildman–Crippen MR) is 74.1 cm³/mol. The number of likely N-dealkylation sites (tertiary alicyclic amines) is 1. The second kappa shape index (κ2) is 7.87. The maximum Gasteiger partial charge on any atom is 0.326 e. The number of nitrogens with zero attached hydrogens (tertiary/aromatic N) is 1. The Kier molecular flexibility index (Phi) is 6.48. The summed E-state index contributed by atoms with van der Waals surface area (Å²) < 4.78 is 0. The number of carbonyl (C=O) groups excluding carboxylic acids is 2. The topological polar surface area (TPSA) is 86.7 Å². The molecule has 2 N–H and O–H groups in total. The number of hydrogen-bond donors (Lipinski definition) is 2. The normalized spacial score (nSPS) is 19.1. The number of carboxylic acid groups (broad SMARTS) is 1. The number of amides is 2. The van der Waals surface area contributed by atoms with E-state index in [1.54, 1.807) is 6.92 Å². The first-order chi connectivity index (χ1) is 9.45. The molecular weight excluding hydrogens is 260 g/mol. The van der Waals surface area contributed by atoms with E-state index < -0.39 is 17.9 Å². The Hall–Kier alpha value is -1.59. The van der Waals surface area contributed by atoms with Gasteiger partial charge >= 0.3 is 5.97 Å². The summed E-state index contributed by atoms with van der Waals surface area (Å²) in [7, 11) is 0. The van der Waals surface area contributed by atoms with Crippen molar-refractivity contribution >= 4 is 17.8 Å². The monoisotopic (exact) mass is 284 g/mol. The maximum atomic E-state index is 11.9. The van der Waals surface area contributed by atoms with Crippen LogP contribution in [-0.4, -0.2) is 46.9 Å². The largest absolute Gasteiger partial charge is 0.480 e. The molecule has 1 aliphatic rings. The van der Waals surface area contributed by atoms with Gasteiger partial charge in [-0.2, -0.15) is 0 Å². The molecule has 1 aliphatic heterocycles. The van der Waals surface area contributed by atoms with E-state index in [2.05, 4.69) is 5.32 Å². The molecule has 1 rings (SSSR count). The highest BCUT2D eigenvalue weighted by Crippen LogP contribution is 2.11. The lowest BCUT2D eigenvalue weighted by atomic mass is 9.99. The SMILES string of the molecule is CC[C@H](C)[C@H](NC(=O)CN1CCCCCC1=O)C(=O)O. The molecule has 6 nitrogen and oxygen atoms in total. The predicted octanol–water partition coefficient (Wildman–Crippen LogP) is 1.00. The van der Waals surface area contributed by atoms with Crippen LogP contribution in [-0.2, 0) is 14.4 Å². The Bertz CT molecular complexity index is 370. The first-order valence-corrected chi connectivity index (χ1v) is 7.25. The Morgan fingerprint density at radius 2 is 2.05 bits per heavy atom. The highest BCUT2D eigenvalue weighted by molar-refractivity contribution is 5.88. The van der Waals surface area contributed by atoms with Gasteiger partial charge in [-0.3, -0.25) is 9.59 Å². The Labute approximate surface area is 119 Å². The average Bonchev–Trinajstić information content (AvgIpc) is 2.60. The minimum Gasteiger partial charge on any atom is -0.480 e. The van der Waals surface area contributed by atoms with E-state index in [0.717, 1.165) is 19.3 Å². The lowest BCUT2D eigenvalue weighted by Gasteiger charge is -2.24. The summed E-state index contributed by atoms with van der Waals surface area (Å²) in [5, 5.41) is 11.7. The van der Waals surface area contributed by atoms with Gasteiger partial charge in [0, 0.05) is 13.0 Å². The van der Waals surface area contributed by atoms with Crippen LogP contribution < -0.4 is 5.32 Å². The highest BCUT2D eigenvalue weighted by Gasteiger charge is 2.27. The Morgan fingerprint density at radius 3 is 2.65 bits per heavy atom. The highest BCUT2D eigenvalue weighted by atomic mass is 16.4. The van der Waals surface area contributed by atoms with Gasteiger partial charge in [-0.1, -0.05) is 26.7 Å². The van der Waals surface area contributed by atoms with Gasteiger partial charge in [0.05, 0.1) is 6.54 Å². The molecule has 0 radical (unpaired) electrons. The van der Waals surface area contributed by atoms with Gasteiger partial charge < -0.3 is 15.3 Å². The van der Waals surface area contributed by atoms with Crippen molar-refractivity contribution in [2.45, 2.75) is 52.0 Å². The molecule has 1 fully saturated rings. The van der Waals surface area contributed by atoms with Gasteiger partial charge in [-0.25, -0.2) is 4.79 Å². The first-order valence-electron chi connectivity index (χ1n) is 7.25. The van der Waals surface area contributed by atoms with Crippen LogP contribution in [0.15, 0.2) is 0 Å². The van der Waals surface area contributed by atoms with Gasteiger partial charge in [-0.05, 0) is 18.8 Å². The zero-order valence-corrected chi connectivity index (χ0v) is 12.2. The molecule has 0 saturated carbocycles. The first kappa shape index (κ1) is 16.5. The van der Waals surface area contributed by atoms with Gasteiger partial charge in [0.25, 0.3) is 0 Å². The lowest BCUT2D eigenvalue weighted by molar-refractivity contribution is -0.144. The molecule has 0 aromatic heterocycles. The molecule has 1 heterocycles. The summed E-state index contributed by atoms with van der Waals surface area (Å²) in [5.74, 6) is -1.59. The van der Waals surface area contributed by atoms with Gasteiger partial charge in [0.2, 0.25) is 11.8 Å². The van der Waals surface area contributed by atoms with Gasteiger partial charge in [0.15, 0.2) is 0 Å². The molecule has 2 atom stereocenters. The molecule has 2 amide bonds. The number of carboxylic acids is 1. The lowest BCUT2D eigenvalue weighted by Crippen LogP contribution is -2.49. The van der Waals surface area contributed by atoms with E-state index in [1.165, 1.54) is 4.90 Å². The van der Waals surface area contributed by atoms with Crippen molar-refractivity contribution in [3.63, 3.8) is 0 Å². The van der Waals surface area contributed by atoms with E-state index in [9.17, 15) is 14.4 Å². The number of carbonyl (C=O) groups is 3. The Balaban J connectivity index is 2.56. The third-order valence-corrected chi connectivity index (χ3v) is 3.80.